The van der Waals surface area contributed by atoms with E-state index in [0.29, 0.717) is 5.56 Å². The monoisotopic (exact) mass is 277 g/mol. The van der Waals surface area contributed by atoms with Gasteiger partial charge in [0.05, 0.1) is 0 Å². The molecule has 5 nitrogen and oxygen atoms in total. The van der Waals surface area contributed by atoms with E-state index in [2.05, 4.69) is 17.6 Å². The molecule has 1 rings (SSSR count). The van der Waals surface area contributed by atoms with Crippen molar-refractivity contribution in [3.05, 3.63) is 29.3 Å². The number of hydrogen-bond donors (Lipinski definition) is 3. The highest BCUT2D eigenvalue weighted by atomic mass is 16.2. The predicted octanol–water partition coefficient (Wildman–Crippen LogP) is 1.81. The van der Waals surface area contributed by atoms with Crippen LogP contribution in [0.15, 0.2) is 18.2 Å². The SMILES string of the molecule is CCCNc1ccc(C(=O)NC(C)(C)C(N)=O)cc1C. The number of carbonyl (C=O) groups excluding carboxylic acids is 2. The molecule has 0 aromatic heterocycles. The van der Waals surface area contributed by atoms with E-state index in [-0.39, 0.29) is 5.91 Å². The van der Waals surface area contributed by atoms with E-state index in [4.69, 9.17) is 5.73 Å². The second-order valence-corrected chi connectivity index (χ2v) is 5.40. The number of benzene rings is 1. The maximum atomic E-state index is 12.1. The zero-order chi connectivity index (χ0) is 15.3. The molecule has 0 aliphatic carbocycles. The number of rotatable bonds is 6. The number of hydrogen-bond acceptors (Lipinski definition) is 3. The Labute approximate surface area is 119 Å². The van der Waals surface area contributed by atoms with Crippen molar-refractivity contribution >= 4 is 17.5 Å². The third-order valence-electron chi connectivity index (χ3n) is 3.10. The smallest absolute Gasteiger partial charge is 0.252 e. The van der Waals surface area contributed by atoms with Gasteiger partial charge in [-0.2, -0.15) is 0 Å². The van der Waals surface area contributed by atoms with Crippen LogP contribution in [0.25, 0.3) is 0 Å². The molecule has 110 valence electrons. The van der Waals surface area contributed by atoms with Crippen LogP contribution in [-0.2, 0) is 4.79 Å². The molecular weight excluding hydrogens is 254 g/mol. The first-order valence-corrected chi connectivity index (χ1v) is 6.75. The van der Waals surface area contributed by atoms with Gasteiger partial charge in [-0.25, -0.2) is 0 Å². The van der Waals surface area contributed by atoms with E-state index in [0.717, 1.165) is 24.2 Å². The van der Waals surface area contributed by atoms with Crippen LogP contribution >= 0.6 is 0 Å². The average molecular weight is 277 g/mol. The van der Waals surface area contributed by atoms with Crippen molar-refractivity contribution in [1.29, 1.82) is 0 Å². The van der Waals surface area contributed by atoms with Crippen molar-refractivity contribution in [2.45, 2.75) is 39.7 Å². The van der Waals surface area contributed by atoms with E-state index >= 15 is 0 Å². The quantitative estimate of drug-likeness (QED) is 0.741. The molecule has 1 aromatic rings. The van der Waals surface area contributed by atoms with Crippen molar-refractivity contribution in [2.75, 3.05) is 11.9 Å². The van der Waals surface area contributed by atoms with Gasteiger partial charge in [-0.05, 0) is 51.0 Å². The fraction of sp³-hybridized carbons (Fsp3) is 0.467. The van der Waals surface area contributed by atoms with E-state index in [1.165, 1.54) is 0 Å². The maximum Gasteiger partial charge on any atom is 0.252 e. The molecule has 0 unspecified atom stereocenters. The largest absolute Gasteiger partial charge is 0.385 e. The molecule has 0 fully saturated rings. The Balaban J connectivity index is 2.85. The van der Waals surface area contributed by atoms with Crippen LogP contribution < -0.4 is 16.4 Å². The summed E-state index contributed by atoms with van der Waals surface area (Å²) in [6, 6.07) is 5.40. The van der Waals surface area contributed by atoms with Gasteiger partial charge in [0.25, 0.3) is 5.91 Å². The molecule has 0 saturated heterocycles. The summed E-state index contributed by atoms with van der Waals surface area (Å²) in [6.45, 7) is 8.08. The average Bonchev–Trinajstić information content (AvgIpc) is 2.36. The number of nitrogens with two attached hydrogens (primary N) is 1. The van der Waals surface area contributed by atoms with Crippen molar-refractivity contribution in [1.82, 2.24) is 5.32 Å². The first-order chi connectivity index (χ1) is 9.27. The minimum atomic E-state index is -1.07. The highest BCUT2D eigenvalue weighted by Crippen LogP contribution is 2.17. The van der Waals surface area contributed by atoms with Crippen LogP contribution in [0.5, 0.6) is 0 Å². The number of anilines is 1. The molecule has 0 aliphatic rings. The van der Waals surface area contributed by atoms with E-state index in [1.54, 1.807) is 26.0 Å². The van der Waals surface area contributed by atoms with Gasteiger partial charge in [0.2, 0.25) is 5.91 Å². The molecule has 5 heteroatoms. The molecule has 2 amide bonds. The topological polar surface area (TPSA) is 84.2 Å². The summed E-state index contributed by atoms with van der Waals surface area (Å²) < 4.78 is 0. The molecule has 0 bridgehead atoms. The summed E-state index contributed by atoms with van der Waals surface area (Å²) in [5.74, 6) is -0.872. The molecular formula is C15H23N3O2. The van der Waals surface area contributed by atoms with Crippen molar-refractivity contribution in [3.8, 4) is 0 Å². The van der Waals surface area contributed by atoms with Crippen LogP contribution in [0.2, 0.25) is 0 Å². The molecule has 0 aliphatic heterocycles. The number of carbonyl (C=O) groups is 2. The molecule has 0 heterocycles. The first-order valence-electron chi connectivity index (χ1n) is 6.75. The fourth-order valence-corrected chi connectivity index (χ4v) is 1.68. The van der Waals surface area contributed by atoms with Crippen LogP contribution in [0, 0.1) is 6.92 Å². The molecule has 0 spiro atoms. The van der Waals surface area contributed by atoms with Crippen LogP contribution in [-0.4, -0.2) is 23.9 Å². The number of nitrogens with one attached hydrogen (secondary N) is 2. The lowest BCUT2D eigenvalue weighted by Crippen LogP contribution is -2.53. The van der Waals surface area contributed by atoms with Gasteiger partial charge in [0, 0.05) is 17.8 Å². The fourth-order valence-electron chi connectivity index (χ4n) is 1.68. The molecule has 1 aromatic carbocycles. The Kier molecular flexibility index (Phi) is 5.13. The molecule has 0 atom stereocenters. The maximum absolute atomic E-state index is 12.1. The van der Waals surface area contributed by atoms with Gasteiger partial charge in [-0.3, -0.25) is 9.59 Å². The van der Waals surface area contributed by atoms with Gasteiger partial charge >= 0.3 is 0 Å². The minimum Gasteiger partial charge on any atom is -0.385 e. The van der Waals surface area contributed by atoms with Crippen LogP contribution in [0.1, 0.15) is 43.1 Å². The Morgan fingerprint density at radius 2 is 1.95 bits per heavy atom. The van der Waals surface area contributed by atoms with E-state index in [1.807, 2.05) is 13.0 Å². The number of amides is 2. The summed E-state index contributed by atoms with van der Waals surface area (Å²) in [5, 5.41) is 5.92. The lowest BCUT2D eigenvalue weighted by Gasteiger charge is -2.22. The van der Waals surface area contributed by atoms with E-state index < -0.39 is 11.4 Å². The first kappa shape index (κ1) is 16.0. The Morgan fingerprint density at radius 3 is 2.45 bits per heavy atom. The minimum absolute atomic E-state index is 0.307. The summed E-state index contributed by atoms with van der Waals surface area (Å²) >= 11 is 0. The zero-order valence-electron chi connectivity index (χ0n) is 12.5. The third kappa shape index (κ3) is 3.98. The van der Waals surface area contributed by atoms with E-state index in [9.17, 15) is 9.59 Å². The molecule has 20 heavy (non-hydrogen) atoms. The normalized spacial score (nSPS) is 11.0. The summed E-state index contributed by atoms with van der Waals surface area (Å²) in [4.78, 5) is 23.3. The van der Waals surface area contributed by atoms with Gasteiger partial charge in [0.1, 0.15) is 5.54 Å². The van der Waals surface area contributed by atoms with Crippen molar-refractivity contribution in [2.24, 2.45) is 5.73 Å². The van der Waals surface area contributed by atoms with Crippen molar-refractivity contribution in [3.63, 3.8) is 0 Å². The Bertz CT molecular complexity index is 510. The summed E-state index contributed by atoms with van der Waals surface area (Å²) in [7, 11) is 0. The predicted molar refractivity (Wildman–Crippen MR) is 80.7 cm³/mol. The molecule has 0 radical (unpaired) electrons. The molecule has 0 saturated carbocycles. The van der Waals surface area contributed by atoms with Crippen molar-refractivity contribution < 1.29 is 9.59 Å². The second-order valence-electron chi connectivity index (χ2n) is 5.40. The Morgan fingerprint density at radius 1 is 1.30 bits per heavy atom. The number of primary amides is 1. The molecule has 4 N–H and O–H groups in total. The van der Waals surface area contributed by atoms with Crippen LogP contribution in [0.3, 0.4) is 0 Å². The number of aryl methyl sites for hydroxylation is 1. The Hall–Kier alpha value is -2.04. The van der Waals surface area contributed by atoms with Gasteiger partial charge in [-0.15, -0.1) is 0 Å². The lowest BCUT2D eigenvalue weighted by atomic mass is 10.0. The van der Waals surface area contributed by atoms with Gasteiger partial charge in [0.15, 0.2) is 0 Å². The highest BCUT2D eigenvalue weighted by Gasteiger charge is 2.27. The zero-order valence-corrected chi connectivity index (χ0v) is 12.5. The van der Waals surface area contributed by atoms with Gasteiger partial charge in [-0.1, -0.05) is 6.92 Å². The second kappa shape index (κ2) is 6.41. The van der Waals surface area contributed by atoms with Gasteiger partial charge < -0.3 is 16.4 Å². The highest BCUT2D eigenvalue weighted by molar-refractivity contribution is 5.99. The summed E-state index contributed by atoms with van der Waals surface area (Å²) in [6.07, 6.45) is 1.04. The third-order valence-corrected chi connectivity index (χ3v) is 3.10. The van der Waals surface area contributed by atoms with Crippen LogP contribution in [0.4, 0.5) is 5.69 Å². The standard InChI is InChI=1S/C15H23N3O2/c1-5-8-17-12-7-6-11(9-10(12)2)13(19)18-15(3,4)14(16)20/h6-7,9,17H,5,8H2,1-4H3,(H2,16,20)(H,18,19). The summed E-state index contributed by atoms with van der Waals surface area (Å²) in [5.41, 5.74) is 6.69. The lowest BCUT2D eigenvalue weighted by molar-refractivity contribution is -0.122.